The number of hydrogen-bond acceptors (Lipinski definition) is 2. The molecule has 1 fully saturated rings. The summed E-state index contributed by atoms with van der Waals surface area (Å²) < 4.78 is 1.82. The van der Waals surface area contributed by atoms with Crippen LogP contribution >= 0.6 is 0 Å². The molecular weight excluding hydrogens is 190 g/mol. The molecule has 2 rings (SSSR count). The second-order valence-corrected chi connectivity index (χ2v) is 3.76. The van der Waals surface area contributed by atoms with Gasteiger partial charge in [0.1, 0.15) is 0 Å². The third-order valence-electron chi connectivity index (χ3n) is 2.74. The van der Waals surface area contributed by atoms with E-state index in [0.717, 1.165) is 18.8 Å². The minimum atomic E-state index is 0.163. The standard InChI is InChI=1S/C11H15N3O/c1-3-9-5-11(15)14(7-9)10-6-12-13(4-2)8-10/h3,6,8-9H,1,4-5,7H2,2H3. The van der Waals surface area contributed by atoms with Gasteiger partial charge in [-0.3, -0.25) is 9.48 Å². The smallest absolute Gasteiger partial charge is 0.227 e. The minimum Gasteiger partial charge on any atom is -0.309 e. The lowest BCUT2D eigenvalue weighted by Crippen LogP contribution is -2.23. The highest BCUT2D eigenvalue weighted by molar-refractivity contribution is 5.95. The van der Waals surface area contributed by atoms with Crippen LogP contribution in [0.2, 0.25) is 0 Å². The van der Waals surface area contributed by atoms with Crippen molar-refractivity contribution < 1.29 is 4.79 Å². The highest BCUT2D eigenvalue weighted by Crippen LogP contribution is 2.24. The first-order valence-corrected chi connectivity index (χ1v) is 5.20. The van der Waals surface area contributed by atoms with Gasteiger partial charge in [-0.1, -0.05) is 6.08 Å². The van der Waals surface area contributed by atoms with Crippen LogP contribution in [0.25, 0.3) is 0 Å². The molecule has 1 unspecified atom stereocenters. The topological polar surface area (TPSA) is 38.1 Å². The summed E-state index contributed by atoms with van der Waals surface area (Å²) in [6, 6.07) is 0. The number of aryl methyl sites for hydroxylation is 1. The normalized spacial score (nSPS) is 21.0. The number of nitrogens with zero attached hydrogens (tertiary/aromatic N) is 3. The quantitative estimate of drug-likeness (QED) is 0.700. The number of aromatic nitrogens is 2. The Morgan fingerprint density at radius 2 is 2.53 bits per heavy atom. The summed E-state index contributed by atoms with van der Waals surface area (Å²) in [5.41, 5.74) is 0.895. The van der Waals surface area contributed by atoms with Gasteiger partial charge in [-0.25, -0.2) is 0 Å². The molecule has 0 N–H and O–H groups in total. The van der Waals surface area contributed by atoms with Crippen molar-refractivity contribution in [3.05, 3.63) is 25.0 Å². The molecule has 80 valence electrons. The minimum absolute atomic E-state index is 0.163. The summed E-state index contributed by atoms with van der Waals surface area (Å²) in [6.07, 6.45) is 6.07. The number of hydrogen-bond donors (Lipinski definition) is 0. The van der Waals surface area contributed by atoms with Crippen LogP contribution in [0.4, 0.5) is 5.69 Å². The van der Waals surface area contributed by atoms with Gasteiger partial charge in [-0.05, 0) is 6.92 Å². The van der Waals surface area contributed by atoms with Crippen molar-refractivity contribution in [1.82, 2.24) is 9.78 Å². The van der Waals surface area contributed by atoms with Crippen LogP contribution in [0.3, 0.4) is 0 Å². The van der Waals surface area contributed by atoms with Crippen molar-refractivity contribution in [3.8, 4) is 0 Å². The Hall–Kier alpha value is -1.58. The molecule has 0 saturated carbocycles. The zero-order chi connectivity index (χ0) is 10.8. The Morgan fingerprint density at radius 3 is 3.07 bits per heavy atom. The van der Waals surface area contributed by atoms with Crippen LogP contribution in [0.1, 0.15) is 13.3 Å². The summed E-state index contributed by atoms with van der Waals surface area (Å²) in [5.74, 6) is 0.443. The Bertz CT molecular complexity index is 383. The molecule has 1 saturated heterocycles. The third kappa shape index (κ3) is 1.79. The van der Waals surface area contributed by atoms with E-state index in [9.17, 15) is 4.79 Å². The van der Waals surface area contributed by atoms with E-state index < -0.39 is 0 Å². The molecular formula is C11H15N3O. The summed E-state index contributed by atoms with van der Waals surface area (Å²) in [4.78, 5) is 13.5. The van der Waals surface area contributed by atoms with Gasteiger partial charge in [-0.2, -0.15) is 5.10 Å². The second-order valence-electron chi connectivity index (χ2n) is 3.76. The summed E-state index contributed by atoms with van der Waals surface area (Å²) in [7, 11) is 0. The maximum atomic E-state index is 11.7. The number of carbonyl (C=O) groups is 1. The third-order valence-corrected chi connectivity index (χ3v) is 2.74. The van der Waals surface area contributed by atoms with Crippen LogP contribution in [0, 0.1) is 5.92 Å². The molecule has 1 aliphatic rings. The first-order chi connectivity index (χ1) is 7.24. The van der Waals surface area contributed by atoms with Crippen LogP contribution in [-0.4, -0.2) is 22.2 Å². The van der Waals surface area contributed by atoms with Gasteiger partial charge >= 0.3 is 0 Å². The highest BCUT2D eigenvalue weighted by Gasteiger charge is 2.29. The first-order valence-electron chi connectivity index (χ1n) is 5.20. The molecule has 2 heterocycles. The van der Waals surface area contributed by atoms with E-state index in [0.29, 0.717) is 6.42 Å². The highest BCUT2D eigenvalue weighted by atomic mass is 16.2. The SMILES string of the molecule is C=CC1CC(=O)N(c2cnn(CC)c2)C1. The van der Waals surface area contributed by atoms with E-state index >= 15 is 0 Å². The monoisotopic (exact) mass is 205 g/mol. The number of amides is 1. The molecule has 15 heavy (non-hydrogen) atoms. The van der Waals surface area contributed by atoms with E-state index in [4.69, 9.17) is 0 Å². The van der Waals surface area contributed by atoms with E-state index in [1.165, 1.54) is 0 Å². The Balaban J connectivity index is 2.17. The van der Waals surface area contributed by atoms with E-state index in [1.54, 1.807) is 11.1 Å². The van der Waals surface area contributed by atoms with Gasteiger partial charge in [0.2, 0.25) is 5.91 Å². The second kappa shape index (κ2) is 3.88. The average Bonchev–Trinajstić information content (AvgIpc) is 2.83. The summed E-state index contributed by atoms with van der Waals surface area (Å²) in [5, 5.41) is 4.16. The molecule has 1 atom stereocenters. The molecule has 4 heteroatoms. The van der Waals surface area contributed by atoms with E-state index in [-0.39, 0.29) is 11.8 Å². The molecule has 1 aliphatic heterocycles. The van der Waals surface area contributed by atoms with Crippen molar-refractivity contribution in [2.75, 3.05) is 11.4 Å². The fourth-order valence-electron chi connectivity index (χ4n) is 1.81. The van der Waals surface area contributed by atoms with Crippen LogP contribution in [0.15, 0.2) is 25.0 Å². The fourth-order valence-corrected chi connectivity index (χ4v) is 1.81. The molecule has 1 amide bonds. The summed E-state index contributed by atoms with van der Waals surface area (Å²) in [6.45, 7) is 7.31. The predicted octanol–water partition coefficient (Wildman–Crippen LogP) is 1.44. The predicted molar refractivity (Wildman–Crippen MR) is 58.6 cm³/mol. The first kappa shape index (κ1) is 9.96. The lowest BCUT2D eigenvalue weighted by molar-refractivity contribution is -0.117. The Labute approximate surface area is 89.2 Å². The van der Waals surface area contributed by atoms with Crippen molar-refractivity contribution >= 4 is 11.6 Å². The molecule has 0 spiro atoms. The number of rotatable bonds is 3. The van der Waals surface area contributed by atoms with Gasteiger partial charge in [0.25, 0.3) is 0 Å². The number of carbonyl (C=O) groups excluding carboxylic acids is 1. The maximum absolute atomic E-state index is 11.7. The maximum Gasteiger partial charge on any atom is 0.227 e. The summed E-state index contributed by atoms with van der Waals surface area (Å²) >= 11 is 0. The molecule has 1 aromatic rings. The van der Waals surface area contributed by atoms with E-state index in [2.05, 4.69) is 11.7 Å². The van der Waals surface area contributed by atoms with Crippen LogP contribution in [-0.2, 0) is 11.3 Å². The Kier molecular flexibility index (Phi) is 2.58. The van der Waals surface area contributed by atoms with Gasteiger partial charge in [0, 0.05) is 31.6 Å². The lowest BCUT2D eigenvalue weighted by atomic mass is 10.1. The van der Waals surface area contributed by atoms with Gasteiger partial charge in [0.15, 0.2) is 0 Å². The zero-order valence-corrected chi connectivity index (χ0v) is 8.89. The fraction of sp³-hybridized carbons (Fsp3) is 0.455. The van der Waals surface area contributed by atoms with Gasteiger partial charge in [0.05, 0.1) is 11.9 Å². The molecule has 0 aliphatic carbocycles. The zero-order valence-electron chi connectivity index (χ0n) is 8.89. The molecule has 1 aromatic heterocycles. The van der Waals surface area contributed by atoms with Crippen molar-refractivity contribution in [2.45, 2.75) is 19.9 Å². The van der Waals surface area contributed by atoms with E-state index in [1.807, 2.05) is 23.9 Å². The Morgan fingerprint density at radius 1 is 1.73 bits per heavy atom. The van der Waals surface area contributed by atoms with Crippen molar-refractivity contribution in [1.29, 1.82) is 0 Å². The molecule has 0 aromatic carbocycles. The van der Waals surface area contributed by atoms with Gasteiger partial charge in [-0.15, -0.1) is 6.58 Å². The van der Waals surface area contributed by atoms with Crippen LogP contribution < -0.4 is 4.90 Å². The van der Waals surface area contributed by atoms with Crippen LogP contribution in [0.5, 0.6) is 0 Å². The van der Waals surface area contributed by atoms with Crippen molar-refractivity contribution in [3.63, 3.8) is 0 Å². The van der Waals surface area contributed by atoms with Gasteiger partial charge < -0.3 is 4.90 Å². The largest absolute Gasteiger partial charge is 0.309 e. The molecule has 4 nitrogen and oxygen atoms in total. The van der Waals surface area contributed by atoms with Crippen molar-refractivity contribution in [2.24, 2.45) is 5.92 Å². The molecule has 0 bridgehead atoms. The average molecular weight is 205 g/mol. The number of anilines is 1. The molecule has 0 radical (unpaired) electrons. The lowest BCUT2D eigenvalue weighted by Gasteiger charge is -2.12.